The molecule has 2 aromatic rings. The summed E-state index contributed by atoms with van der Waals surface area (Å²) in [5, 5.41) is 0. The van der Waals surface area contributed by atoms with Crippen molar-refractivity contribution in [2.75, 3.05) is 5.75 Å². The van der Waals surface area contributed by atoms with E-state index >= 15 is 0 Å². The van der Waals surface area contributed by atoms with Crippen molar-refractivity contribution in [3.63, 3.8) is 0 Å². The Balaban J connectivity index is 1.87. The van der Waals surface area contributed by atoms with Crippen LogP contribution in [-0.4, -0.2) is 20.9 Å². The van der Waals surface area contributed by atoms with Gasteiger partial charge in [-0.3, -0.25) is 4.79 Å². The highest BCUT2D eigenvalue weighted by Crippen LogP contribution is 2.19. The van der Waals surface area contributed by atoms with Gasteiger partial charge in [-0.25, -0.2) is 9.37 Å². The predicted octanol–water partition coefficient (Wildman–Crippen LogP) is 2.58. The first-order valence-corrected chi connectivity index (χ1v) is 6.66. The fraction of sp³-hybridized carbons (Fsp3) is 0.182. The van der Waals surface area contributed by atoms with Gasteiger partial charge in [0.25, 0.3) is 0 Å². The number of hydrogen-bond donors (Lipinski definition) is 0. The number of halogens is 1. The summed E-state index contributed by atoms with van der Waals surface area (Å²) in [4.78, 5) is 15.6. The monoisotopic (exact) mass is 268 g/mol. The molecule has 0 spiro atoms. The number of carbonyl (C=O) groups is 1. The van der Waals surface area contributed by atoms with Gasteiger partial charge in [0.2, 0.25) is 0 Å². The fourth-order valence-corrected chi connectivity index (χ4v) is 2.58. The lowest BCUT2D eigenvalue weighted by atomic mass is 10.1. The number of carbonyl (C=O) groups excluding carboxylic acids is 1. The van der Waals surface area contributed by atoms with Crippen LogP contribution in [0.4, 0.5) is 4.39 Å². The summed E-state index contributed by atoms with van der Waals surface area (Å²) in [5.74, 6) is -0.0548. The van der Waals surface area contributed by atoms with Crippen LogP contribution in [0, 0.1) is 5.82 Å². The van der Waals surface area contributed by atoms with Crippen LogP contribution in [0.5, 0.6) is 0 Å². The van der Waals surface area contributed by atoms with Crippen molar-refractivity contribution < 1.29 is 9.18 Å². The lowest BCUT2D eigenvalue weighted by molar-refractivity contribution is -0.116. The molecule has 0 amide bonds. The largest absolute Gasteiger partial charge is 0.298 e. The molecule has 17 heavy (non-hydrogen) atoms. The zero-order valence-corrected chi connectivity index (χ0v) is 10.4. The van der Waals surface area contributed by atoms with Gasteiger partial charge in [-0.2, -0.15) is 4.37 Å². The molecule has 0 aliphatic rings. The van der Waals surface area contributed by atoms with Gasteiger partial charge in [0.05, 0.1) is 5.75 Å². The zero-order chi connectivity index (χ0) is 12.1. The van der Waals surface area contributed by atoms with Crippen molar-refractivity contribution in [2.45, 2.75) is 10.8 Å². The summed E-state index contributed by atoms with van der Waals surface area (Å²) >= 11 is 2.58. The number of Topliss-reactive ketones (excluding diaryl/α,β-unsaturated/α-hetero) is 1. The molecule has 0 radical (unpaired) electrons. The first-order valence-electron chi connectivity index (χ1n) is 4.90. The molecule has 0 aliphatic heterocycles. The first kappa shape index (κ1) is 12.2. The minimum Gasteiger partial charge on any atom is -0.298 e. The Labute approximate surface area is 106 Å². The third kappa shape index (κ3) is 3.61. The number of nitrogens with zero attached hydrogens (tertiary/aromatic N) is 2. The van der Waals surface area contributed by atoms with Crippen molar-refractivity contribution >= 4 is 29.1 Å². The molecule has 3 nitrogen and oxygen atoms in total. The van der Waals surface area contributed by atoms with Gasteiger partial charge in [0.15, 0.2) is 4.34 Å². The van der Waals surface area contributed by atoms with Crippen LogP contribution in [0.2, 0.25) is 0 Å². The molecule has 0 bridgehead atoms. The van der Waals surface area contributed by atoms with Crippen molar-refractivity contribution in [1.82, 2.24) is 9.36 Å². The summed E-state index contributed by atoms with van der Waals surface area (Å²) in [7, 11) is 0. The number of aromatic nitrogens is 2. The van der Waals surface area contributed by atoms with E-state index in [9.17, 15) is 9.18 Å². The number of ketones is 1. The highest BCUT2D eigenvalue weighted by molar-refractivity contribution is 8.01. The molecule has 1 aromatic heterocycles. The Morgan fingerprint density at radius 1 is 1.41 bits per heavy atom. The SMILES string of the molecule is O=C(CSc1ncns1)Cc1ccccc1F. The normalized spacial score (nSPS) is 10.4. The van der Waals surface area contributed by atoms with Gasteiger partial charge in [0, 0.05) is 6.42 Å². The summed E-state index contributed by atoms with van der Waals surface area (Å²) in [6.45, 7) is 0. The van der Waals surface area contributed by atoms with Crippen LogP contribution < -0.4 is 0 Å². The maximum atomic E-state index is 13.3. The Morgan fingerprint density at radius 2 is 2.24 bits per heavy atom. The van der Waals surface area contributed by atoms with E-state index in [4.69, 9.17) is 0 Å². The van der Waals surface area contributed by atoms with Crippen molar-refractivity contribution in [2.24, 2.45) is 0 Å². The molecule has 0 unspecified atom stereocenters. The molecule has 0 atom stereocenters. The molecule has 0 saturated heterocycles. The zero-order valence-electron chi connectivity index (χ0n) is 8.80. The topological polar surface area (TPSA) is 42.9 Å². The van der Waals surface area contributed by atoms with Crippen molar-refractivity contribution in [3.8, 4) is 0 Å². The summed E-state index contributed by atoms with van der Waals surface area (Å²) in [5.41, 5.74) is 0.440. The highest BCUT2D eigenvalue weighted by atomic mass is 32.2. The predicted molar refractivity (Wildman–Crippen MR) is 65.7 cm³/mol. The summed E-state index contributed by atoms with van der Waals surface area (Å²) in [6.07, 6.45) is 1.58. The maximum Gasteiger partial charge on any atom is 0.170 e. The number of rotatable bonds is 5. The fourth-order valence-electron chi connectivity index (χ4n) is 1.27. The molecule has 2 rings (SSSR count). The van der Waals surface area contributed by atoms with E-state index in [-0.39, 0.29) is 18.0 Å². The quantitative estimate of drug-likeness (QED) is 0.782. The average molecular weight is 268 g/mol. The van der Waals surface area contributed by atoms with E-state index in [0.717, 1.165) is 4.34 Å². The van der Waals surface area contributed by atoms with Crippen molar-refractivity contribution in [1.29, 1.82) is 0 Å². The van der Waals surface area contributed by atoms with Gasteiger partial charge in [-0.1, -0.05) is 30.0 Å². The van der Waals surface area contributed by atoms with E-state index < -0.39 is 0 Å². The van der Waals surface area contributed by atoms with E-state index in [2.05, 4.69) is 9.36 Å². The second kappa shape index (κ2) is 5.88. The molecule has 1 heterocycles. The highest BCUT2D eigenvalue weighted by Gasteiger charge is 2.09. The van der Waals surface area contributed by atoms with E-state index in [1.54, 1.807) is 18.2 Å². The summed E-state index contributed by atoms with van der Waals surface area (Å²) < 4.78 is 17.9. The lowest BCUT2D eigenvalue weighted by Crippen LogP contribution is -2.07. The molecular formula is C11H9FN2OS2. The smallest absolute Gasteiger partial charge is 0.170 e. The number of hydrogen-bond acceptors (Lipinski definition) is 5. The molecule has 0 N–H and O–H groups in total. The third-order valence-electron chi connectivity index (χ3n) is 2.04. The Hall–Kier alpha value is -1.27. The first-order chi connectivity index (χ1) is 8.25. The molecule has 88 valence electrons. The van der Waals surface area contributed by atoms with Crippen LogP contribution in [-0.2, 0) is 11.2 Å². The van der Waals surface area contributed by atoms with Crippen LogP contribution in [0.25, 0.3) is 0 Å². The van der Waals surface area contributed by atoms with Crippen molar-refractivity contribution in [3.05, 3.63) is 42.0 Å². The molecule has 0 fully saturated rings. The Kier molecular flexibility index (Phi) is 4.22. The van der Waals surface area contributed by atoms with Crippen LogP contribution in [0.1, 0.15) is 5.56 Å². The second-order valence-electron chi connectivity index (χ2n) is 3.30. The van der Waals surface area contributed by atoms with Gasteiger partial charge in [-0.15, -0.1) is 0 Å². The maximum absolute atomic E-state index is 13.3. The molecular weight excluding hydrogens is 259 g/mol. The third-order valence-corrected chi connectivity index (χ3v) is 3.90. The molecule has 0 aliphatic carbocycles. The second-order valence-corrected chi connectivity index (χ2v) is 5.31. The van der Waals surface area contributed by atoms with Crippen LogP contribution in [0.15, 0.2) is 34.9 Å². The van der Waals surface area contributed by atoms with Gasteiger partial charge < -0.3 is 0 Å². The molecule has 6 heteroatoms. The summed E-state index contributed by atoms with van der Waals surface area (Å²) in [6, 6.07) is 6.33. The van der Waals surface area contributed by atoms with Crippen LogP contribution in [0.3, 0.4) is 0 Å². The van der Waals surface area contributed by atoms with E-state index in [0.29, 0.717) is 11.3 Å². The Morgan fingerprint density at radius 3 is 2.94 bits per heavy atom. The minimum absolute atomic E-state index is 0.0182. The minimum atomic E-state index is -0.332. The van der Waals surface area contributed by atoms with Crippen LogP contribution >= 0.6 is 23.3 Å². The average Bonchev–Trinajstić information content (AvgIpc) is 2.82. The van der Waals surface area contributed by atoms with E-state index in [1.807, 2.05) is 0 Å². The van der Waals surface area contributed by atoms with E-state index in [1.165, 1.54) is 35.7 Å². The van der Waals surface area contributed by atoms with Gasteiger partial charge in [-0.05, 0) is 23.2 Å². The molecule has 1 aromatic carbocycles. The molecule has 0 saturated carbocycles. The standard InChI is InChI=1S/C11H9FN2OS2/c12-10-4-2-1-3-8(10)5-9(15)6-16-11-13-7-14-17-11/h1-4,7H,5-6H2. The Bertz CT molecular complexity index is 502. The van der Waals surface area contributed by atoms with Gasteiger partial charge in [0.1, 0.15) is 17.9 Å². The number of thioether (sulfide) groups is 1. The lowest BCUT2D eigenvalue weighted by Gasteiger charge is -2.01. The number of benzene rings is 1. The van der Waals surface area contributed by atoms with Gasteiger partial charge >= 0.3 is 0 Å².